The predicted octanol–water partition coefficient (Wildman–Crippen LogP) is 4.20. The fourth-order valence-electron chi connectivity index (χ4n) is 1.95. The van der Waals surface area contributed by atoms with Crippen molar-refractivity contribution >= 4 is 0 Å². The van der Waals surface area contributed by atoms with Crippen molar-refractivity contribution in [3.8, 4) is 0 Å². The molecule has 1 unspecified atom stereocenters. The number of rotatable bonds is 8. The predicted molar refractivity (Wildman–Crippen MR) is 81.4 cm³/mol. The normalized spacial score (nSPS) is 12.2. The summed E-state index contributed by atoms with van der Waals surface area (Å²) < 4.78 is 11.6. The number of hydrogen-bond donors (Lipinski definition) is 0. The standard InChI is InChI=1S/C18H22O2/c1-2-18(20-14-17-11-7-4-8-12-17)15-19-13-16-9-5-3-6-10-16/h3-12,18H,2,13-15H2,1H3. The molecule has 0 bridgehead atoms. The monoisotopic (exact) mass is 270 g/mol. The topological polar surface area (TPSA) is 18.5 Å². The van der Waals surface area contributed by atoms with Gasteiger partial charge in [0.2, 0.25) is 0 Å². The number of hydrogen-bond acceptors (Lipinski definition) is 2. The Kier molecular flexibility index (Phi) is 6.28. The van der Waals surface area contributed by atoms with Crippen LogP contribution >= 0.6 is 0 Å². The first-order valence-electron chi connectivity index (χ1n) is 7.15. The molecule has 0 saturated heterocycles. The summed E-state index contributed by atoms with van der Waals surface area (Å²) in [5.74, 6) is 0. The second kappa shape index (κ2) is 8.51. The lowest BCUT2D eigenvalue weighted by Gasteiger charge is -2.16. The average Bonchev–Trinajstić information content (AvgIpc) is 2.52. The summed E-state index contributed by atoms with van der Waals surface area (Å²) in [7, 11) is 0. The van der Waals surface area contributed by atoms with Crippen molar-refractivity contribution in [1.29, 1.82) is 0 Å². The molecule has 0 aliphatic carbocycles. The van der Waals surface area contributed by atoms with Crippen molar-refractivity contribution in [2.24, 2.45) is 0 Å². The van der Waals surface area contributed by atoms with E-state index >= 15 is 0 Å². The number of benzene rings is 2. The summed E-state index contributed by atoms with van der Waals surface area (Å²) in [4.78, 5) is 0. The molecule has 2 aromatic carbocycles. The van der Waals surface area contributed by atoms with Crippen LogP contribution in [0.3, 0.4) is 0 Å². The van der Waals surface area contributed by atoms with Gasteiger partial charge in [0.25, 0.3) is 0 Å². The van der Waals surface area contributed by atoms with Crippen LogP contribution in [0.4, 0.5) is 0 Å². The van der Waals surface area contributed by atoms with Crippen LogP contribution in [-0.2, 0) is 22.7 Å². The molecule has 0 amide bonds. The van der Waals surface area contributed by atoms with Gasteiger partial charge in [-0.25, -0.2) is 0 Å². The Morgan fingerprint density at radius 1 is 0.800 bits per heavy atom. The largest absolute Gasteiger partial charge is 0.374 e. The van der Waals surface area contributed by atoms with Gasteiger partial charge in [0.15, 0.2) is 0 Å². The zero-order valence-corrected chi connectivity index (χ0v) is 12.0. The molecule has 0 aromatic heterocycles. The van der Waals surface area contributed by atoms with Crippen LogP contribution in [0, 0.1) is 0 Å². The summed E-state index contributed by atoms with van der Waals surface area (Å²) in [5, 5.41) is 0. The molecule has 20 heavy (non-hydrogen) atoms. The van der Waals surface area contributed by atoms with Crippen LogP contribution < -0.4 is 0 Å². The summed E-state index contributed by atoms with van der Waals surface area (Å²) in [5.41, 5.74) is 2.40. The molecular weight excluding hydrogens is 248 g/mol. The maximum absolute atomic E-state index is 5.89. The second-order valence-electron chi connectivity index (χ2n) is 4.83. The molecule has 2 nitrogen and oxygen atoms in total. The first-order valence-corrected chi connectivity index (χ1v) is 7.15. The zero-order chi connectivity index (χ0) is 14.0. The molecule has 0 fully saturated rings. The van der Waals surface area contributed by atoms with Crippen LogP contribution in [0.25, 0.3) is 0 Å². The van der Waals surface area contributed by atoms with Crippen LogP contribution in [0.15, 0.2) is 60.7 Å². The van der Waals surface area contributed by atoms with Gasteiger partial charge in [-0.05, 0) is 17.5 Å². The highest BCUT2D eigenvalue weighted by molar-refractivity contribution is 5.14. The highest BCUT2D eigenvalue weighted by Gasteiger charge is 2.07. The van der Waals surface area contributed by atoms with E-state index < -0.39 is 0 Å². The molecule has 106 valence electrons. The van der Waals surface area contributed by atoms with Crippen molar-refractivity contribution in [3.63, 3.8) is 0 Å². The van der Waals surface area contributed by atoms with Crippen molar-refractivity contribution in [1.82, 2.24) is 0 Å². The maximum Gasteiger partial charge on any atom is 0.0810 e. The van der Waals surface area contributed by atoms with Gasteiger partial charge < -0.3 is 9.47 Å². The molecule has 2 heteroatoms. The summed E-state index contributed by atoms with van der Waals surface area (Å²) in [6, 6.07) is 20.5. The molecule has 2 rings (SSSR count). The average molecular weight is 270 g/mol. The van der Waals surface area contributed by atoms with Gasteiger partial charge in [-0.15, -0.1) is 0 Å². The smallest absolute Gasteiger partial charge is 0.0810 e. The Hall–Kier alpha value is -1.64. The molecule has 0 saturated carbocycles. The summed E-state index contributed by atoms with van der Waals surface area (Å²) >= 11 is 0. The van der Waals surface area contributed by atoms with Gasteiger partial charge in [0.05, 0.1) is 25.9 Å². The first-order chi connectivity index (χ1) is 9.88. The molecule has 0 spiro atoms. The SMILES string of the molecule is CCC(COCc1ccccc1)OCc1ccccc1. The Labute approximate surface area is 121 Å². The van der Waals surface area contributed by atoms with E-state index in [-0.39, 0.29) is 6.10 Å². The fourth-order valence-corrected chi connectivity index (χ4v) is 1.95. The molecule has 0 aliphatic heterocycles. The minimum Gasteiger partial charge on any atom is -0.374 e. The summed E-state index contributed by atoms with van der Waals surface area (Å²) in [6.45, 7) is 4.06. The first kappa shape index (κ1) is 14.8. The van der Waals surface area contributed by atoms with Gasteiger partial charge in [-0.3, -0.25) is 0 Å². The van der Waals surface area contributed by atoms with Crippen molar-refractivity contribution < 1.29 is 9.47 Å². The molecule has 0 N–H and O–H groups in total. The summed E-state index contributed by atoms with van der Waals surface area (Å²) in [6.07, 6.45) is 1.11. The fraction of sp³-hybridized carbons (Fsp3) is 0.333. The molecule has 2 aromatic rings. The van der Waals surface area contributed by atoms with Crippen LogP contribution in [-0.4, -0.2) is 12.7 Å². The zero-order valence-electron chi connectivity index (χ0n) is 12.0. The van der Waals surface area contributed by atoms with E-state index in [2.05, 4.69) is 31.2 Å². The third-order valence-electron chi connectivity index (χ3n) is 3.20. The third kappa shape index (κ3) is 5.16. The third-order valence-corrected chi connectivity index (χ3v) is 3.20. The van der Waals surface area contributed by atoms with Gasteiger partial charge in [0.1, 0.15) is 0 Å². The minimum atomic E-state index is 0.152. The Morgan fingerprint density at radius 2 is 1.35 bits per heavy atom. The lowest BCUT2D eigenvalue weighted by Crippen LogP contribution is -2.18. The molecular formula is C18H22O2. The Bertz CT molecular complexity index is 467. The van der Waals surface area contributed by atoms with E-state index in [1.54, 1.807) is 0 Å². The number of ether oxygens (including phenoxy) is 2. The lowest BCUT2D eigenvalue weighted by molar-refractivity contribution is -0.0309. The van der Waals surface area contributed by atoms with Gasteiger partial charge in [0, 0.05) is 0 Å². The molecule has 0 radical (unpaired) electrons. The molecule has 1 atom stereocenters. The Morgan fingerprint density at radius 3 is 1.90 bits per heavy atom. The van der Waals surface area contributed by atoms with E-state index in [0.717, 1.165) is 6.42 Å². The van der Waals surface area contributed by atoms with E-state index in [1.165, 1.54) is 11.1 Å². The highest BCUT2D eigenvalue weighted by atomic mass is 16.5. The quantitative estimate of drug-likeness (QED) is 0.715. The van der Waals surface area contributed by atoms with Crippen molar-refractivity contribution in [2.45, 2.75) is 32.7 Å². The molecule has 0 heterocycles. The van der Waals surface area contributed by atoms with Gasteiger partial charge >= 0.3 is 0 Å². The van der Waals surface area contributed by atoms with Crippen LogP contribution in [0.2, 0.25) is 0 Å². The Balaban J connectivity index is 1.70. The lowest BCUT2D eigenvalue weighted by atomic mass is 10.2. The van der Waals surface area contributed by atoms with Gasteiger partial charge in [-0.1, -0.05) is 67.6 Å². The van der Waals surface area contributed by atoms with Gasteiger partial charge in [-0.2, -0.15) is 0 Å². The van der Waals surface area contributed by atoms with Crippen molar-refractivity contribution in [2.75, 3.05) is 6.61 Å². The van der Waals surface area contributed by atoms with E-state index in [9.17, 15) is 0 Å². The molecule has 0 aliphatic rings. The minimum absolute atomic E-state index is 0.152. The van der Waals surface area contributed by atoms with Crippen LogP contribution in [0.1, 0.15) is 24.5 Å². The second-order valence-corrected chi connectivity index (χ2v) is 4.83. The maximum atomic E-state index is 5.89. The van der Waals surface area contributed by atoms with Crippen molar-refractivity contribution in [3.05, 3.63) is 71.8 Å². The van der Waals surface area contributed by atoms with E-state index in [1.807, 2.05) is 36.4 Å². The highest BCUT2D eigenvalue weighted by Crippen LogP contribution is 2.08. The van der Waals surface area contributed by atoms with E-state index in [4.69, 9.17) is 9.47 Å². The van der Waals surface area contributed by atoms with Crippen LogP contribution in [0.5, 0.6) is 0 Å². The van der Waals surface area contributed by atoms with E-state index in [0.29, 0.717) is 19.8 Å².